The molecule has 0 unspecified atom stereocenters. The summed E-state index contributed by atoms with van der Waals surface area (Å²) in [4.78, 5) is 12.3. The third-order valence-electron chi connectivity index (χ3n) is 4.79. The summed E-state index contributed by atoms with van der Waals surface area (Å²) in [6.07, 6.45) is -1.79. The quantitative estimate of drug-likeness (QED) is 0.523. The number of aliphatic hydroxyl groups is 1. The normalized spacial score (nSPS) is 12.4. The highest BCUT2D eigenvalue weighted by atomic mass is 16.6. The molecule has 4 aromatic carbocycles. The maximum Gasteiger partial charge on any atom is 0.335 e. The van der Waals surface area contributed by atoms with Crippen LogP contribution in [0.4, 0.5) is 0 Å². The molecule has 4 rings (SSSR count). The molecule has 0 amide bonds. The lowest BCUT2D eigenvalue weighted by Crippen LogP contribution is -2.22. The van der Waals surface area contributed by atoms with Crippen molar-refractivity contribution in [1.29, 1.82) is 0 Å². The Morgan fingerprint density at radius 2 is 1.19 bits per heavy atom. The summed E-state index contributed by atoms with van der Waals surface area (Å²) < 4.78 is 5.81. The number of ether oxygens (including phenoxy) is 1. The molecular weight excluding hydrogens is 336 g/mol. The van der Waals surface area contributed by atoms with E-state index >= 15 is 0 Å². The molecule has 0 saturated heterocycles. The van der Waals surface area contributed by atoms with Gasteiger partial charge in [0.25, 0.3) is 0 Å². The molecule has 0 aromatic heterocycles. The van der Waals surface area contributed by atoms with Crippen LogP contribution in [0.3, 0.4) is 0 Å². The number of hydrogen-bond acceptors (Lipinski definition) is 3. The molecule has 1 N–H and O–H groups in total. The highest BCUT2D eigenvalue weighted by Gasteiger charge is 2.24. The van der Waals surface area contributed by atoms with Gasteiger partial charge in [-0.05, 0) is 28.5 Å². The Morgan fingerprint density at radius 1 is 0.741 bits per heavy atom. The molecule has 0 aliphatic heterocycles. The Hall–Kier alpha value is -3.17. The van der Waals surface area contributed by atoms with E-state index in [1.807, 2.05) is 84.9 Å². The van der Waals surface area contributed by atoms with E-state index in [4.69, 9.17) is 4.74 Å². The SMILES string of the molecule is C[C@H](O)C(=O)OC(c1cccc2ccccc12)c1cccc2ccccc12. The summed E-state index contributed by atoms with van der Waals surface area (Å²) in [7, 11) is 0. The number of fused-ring (bicyclic) bond motifs is 2. The van der Waals surface area contributed by atoms with Gasteiger partial charge >= 0.3 is 5.97 Å². The fourth-order valence-electron chi connectivity index (χ4n) is 3.47. The van der Waals surface area contributed by atoms with E-state index in [0.717, 1.165) is 32.7 Å². The maximum atomic E-state index is 12.3. The lowest BCUT2D eigenvalue weighted by atomic mass is 9.92. The molecule has 134 valence electrons. The topological polar surface area (TPSA) is 46.5 Å². The van der Waals surface area contributed by atoms with Gasteiger partial charge in [-0.2, -0.15) is 0 Å². The molecule has 0 bridgehead atoms. The Bertz CT molecular complexity index is 1020. The van der Waals surface area contributed by atoms with Crippen molar-refractivity contribution in [3.05, 3.63) is 96.1 Å². The lowest BCUT2D eigenvalue weighted by molar-refractivity contribution is -0.156. The van der Waals surface area contributed by atoms with Gasteiger partial charge in [0.05, 0.1) is 0 Å². The van der Waals surface area contributed by atoms with Crippen LogP contribution in [-0.2, 0) is 9.53 Å². The first kappa shape index (κ1) is 17.3. The van der Waals surface area contributed by atoms with E-state index < -0.39 is 18.2 Å². The Balaban J connectivity index is 1.95. The van der Waals surface area contributed by atoms with Gasteiger partial charge in [-0.15, -0.1) is 0 Å². The van der Waals surface area contributed by atoms with E-state index in [2.05, 4.69) is 0 Å². The molecule has 3 nitrogen and oxygen atoms in total. The van der Waals surface area contributed by atoms with Crippen LogP contribution in [0.5, 0.6) is 0 Å². The van der Waals surface area contributed by atoms with Crippen molar-refractivity contribution in [3.8, 4) is 0 Å². The van der Waals surface area contributed by atoms with Crippen LogP contribution in [0.2, 0.25) is 0 Å². The van der Waals surface area contributed by atoms with Crippen LogP contribution in [0, 0.1) is 0 Å². The third-order valence-corrected chi connectivity index (χ3v) is 4.79. The van der Waals surface area contributed by atoms with E-state index in [-0.39, 0.29) is 0 Å². The van der Waals surface area contributed by atoms with Gasteiger partial charge in [-0.1, -0.05) is 84.9 Å². The highest BCUT2D eigenvalue weighted by molar-refractivity contribution is 5.90. The summed E-state index contributed by atoms with van der Waals surface area (Å²) in [6.45, 7) is 1.42. The molecule has 0 radical (unpaired) electrons. The van der Waals surface area contributed by atoms with Crippen molar-refractivity contribution in [2.24, 2.45) is 0 Å². The number of esters is 1. The van der Waals surface area contributed by atoms with Crippen molar-refractivity contribution in [2.45, 2.75) is 19.1 Å². The molecule has 3 heteroatoms. The number of rotatable bonds is 4. The van der Waals surface area contributed by atoms with E-state index in [0.29, 0.717) is 0 Å². The van der Waals surface area contributed by atoms with Crippen LogP contribution < -0.4 is 0 Å². The minimum atomic E-state index is -1.18. The molecule has 0 spiro atoms. The van der Waals surface area contributed by atoms with Crippen molar-refractivity contribution in [2.75, 3.05) is 0 Å². The zero-order valence-electron chi connectivity index (χ0n) is 15.0. The first-order chi connectivity index (χ1) is 13.1. The van der Waals surface area contributed by atoms with E-state index in [1.165, 1.54) is 6.92 Å². The van der Waals surface area contributed by atoms with Gasteiger partial charge in [0.15, 0.2) is 6.10 Å². The zero-order valence-corrected chi connectivity index (χ0v) is 15.0. The number of carbonyl (C=O) groups is 1. The summed E-state index contributed by atoms with van der Waals surface area (Å²) in [5.74, 6) is -0.638. The van der Waals surface area contributed by atoms with Gasteiger partial charge in [0, 0.05) is 11.1 Å². The van der Waals surface area contributed by atoms with Crippen molar-refractivity contribution < 1.29 is 14.6 Å². The largest absolute Gasteiger partial charge is 0.451 e. The number of benzene rings is 4. The predicted molar refractivity (Wildman–Crippen MR) is 108 cm³/mol. The van der Waals surface area contributed by atoms with Crippen LogP contribution >= 0.6 is 0 Å². The summed E-state index contributed by atoms with van der Waals surface area (Å²) >= 11 is 0. The standard InChI is InChI=1S/C24H20O3/c1-16(25)24(26)27-23(21-14-6-10-17-8-2-4-12-19(17)21)22-15-7-11-18-9-3-5-13-20(18)22/h2-16,23,25H,1H3/t16-/m0/s1. The lowest BCUT2D eigenvalue weighted by Gasteiger charge is -2.22. The predicted octanol–water partition coefficient (Wildman–Crippen LogP) is 5.01. The Kier molecular flexibility index (Phi) is 4.61. The third kappa shape index (κ3) is 3.29. The van der Waals surface area contributed by atoms with Crippen LogP contribution in [0.1, 0.15) is 24.2 Å². The maximum absolute atomic E-state index is 12.3. The second kappa shape index (κ2) is 7.22. The fraction of sp³-hybridized carbons (Fsp3) is 0.125. The minimum Gasteiger partial charge on any atom is -0.451 e. The van der Waals surface area contributed by atoms with E-state index in [1.54, 1.807) is 0 Å². The summed E-state index contributed by atoms with van der Waals surface area (Å²) in [6, 6.07) is 28.0. The number of aliphatic hydroxyl groups excluding tert-OH is 1. The van der Waals surface area contributed by atoms with Gasteiger partial charge in [0.1, 0.15) is 6.10 Å². The van der Waals surface area contributed by atoms with Gasteiger partial charge in [-0.3, -0.25) is 0 Å². The van der Waals surface area contributed by atoms with Crippen LogP contribution in [-0.4, -0.2) is 17.2 Å². The molecule has 1 atom stereocenters. The molecule has 0 aliphatic rings. The smallest absolute Gasteiger partial charge is 0.335 e. The number of hydrogen-bond donors (Lipinski definition) is 1. The molecular formula is C24H20O3. The molecule has 0 fully saturated rings. The average Bonchev–Trinajstić information content (AvgIpc) is 2.71. The van der Waals surface area contributed by atoms with Crippen molar-refractivity contribution in [3.63, 3.8) is 0 Å². The molecule has 0 saturated carbocycles. The van der Waals surface area contributed by atoms with Gasteiger partial charge in [0.2, 0.25) is 0 Å². The summed E-state index contributed by atoms with van der Waals surface area (Å²) in [5.41, 5.74) is 1.80. The van der Waals surface area contributed by atoms with Crippen LogP contribution in [0.15, 0.2) is 84.9 Å². The van der Waals surface area contributed by atoms with Crippen molar-refractivity contribution in [1.82, 2.24) is 0 Å². The monoisotopic (exact) mass is 356 g/mol. The summed E-state index contributed by atoms with van der Waals surface area (Å²) in [5, 5.41) is 13.9. The second-order valence-corrected chi connectivity index (χ2v) is 6.63. The van der Waals surface area contributed by atoms with E-state index in [9.17, 15) is 9.90 Å². The van der Waals surface area contributed by atoms with Crippen LogP contribution in [0.25, 0.3) is 21.5 Å². The minimum absolute atomic E-state index is 0.607. The number of carbonyl (C=O) groups excluding carboxylic acids is 1. The van der Waals surface area contributed by atoms with Crippen molar-refractivity contribution >= 4 is 27.5 Å². The highest BCUT2D eigenvalue weighted by Crippen LogP contribution is 2.35. The molecule has 0 heterocycles. The van der Waals surface area contributed by atoms with Gasteiger partial charge in [-0.25, -0.2) is 4.79 Å². The molecule has 4 aromatic rings. The Labute approximate surface area is 157 Å². The molecule has 0 aliphatic carbocycles. The first-order valence-corrected chi connectivity index (χ1v) is 8.99. The van der Waals surface area contributed by atoms with Gasteiger partial charge < -0.3 is 9.84 Å². The molecule has 27 heavy (non-hydrogen) atoms. The average molecular weight is 356 g/mol. The zero-order chi connectivity index (χ0) is 18.8. The fourth-order valence-corrected chi connectivity index (χ4v) is 3.47. The second-order valence-electron chi connectivity index (χ2n) is 6.63. The first-order valence-electron chi connectivity index (χ1n) is 8.99. The Morgan fingerprint density at radius 3 is 1.67 bits per heavy atom.